The molecule has 0 saturated heterocycles. The zero-order valence-electron chi connectivity index (χ0n) is 10.6. The molecule has 0 heterocycles. The van der Waals surface area contributed by atoms with Gasteiger partial charge in [-0.1, -0.05) is 56.5 Å². The van der Waals surface area contributed by atoms with E-state index < -0.39 is 0 Å². The van der Waals surface area contributed by atoms with Gasteiger partial charge < -0.3 is 10.6 Å². The molecule has 0 saturated carbocycles. The molecule has 0 aliphatic heterocycles. The first kappa shape index (κ1) is 13.6. The van der Waals surface area contributed by atoms with Crippen molar-refractivity contribution in [3.63, 3.8) is 0 Å². The molecule has 0 aliphatic carbocycles. The molecule has 3 N–H and O–H groups in total. The first-order valence-electron chi connectivity index (χ1n) is 6.43. The van der Waals surface area contributed by atoms with Gasteiger partial charge in [-0.25, -0.2) is 0 Å². The molecule has 0 atom stereocenters. The van der Waals surface area contributed by atoms with Crippen molar-refractivity contribution in [3.05, 3.63) is 35.9 Å². The average Bonchev–Trinajstić information content (AvgIpc) is 2.37. The molecule has 1 aromatic rings. The molecule has 1 rings (SSSR count). The van der Waals surface area contributed by atoms with E-state index in [1.165, 1.54) is 24.8 Å². The minimum atomic E-state index is 0.422. The first-order chi connectivity index (χ1) is 8.33. The minimum absolute atomic E-state index is 0.422. The van der Waals surface area contributed by atoms with Crippen molar-refractivity contribution in [1.82, 2.24) is 10.6 Å². The molecule has 0 spiro atoms. The third-order valence-corrected chi connectivity index (χ3v) is 2.64. The Morgan fingerprint density at radius 1 is 1.06 bits per heavy atom. The predicted octanol–water partition coefficient (Wildman–Crippen LogP) is 2.88. The quantitative estimate of drug-likeness (QED) is 0.385. The fourth-order valence-electron chi connectivity index (χ4n) is 1.61. The van der Waals surface area contributed by atoms with Crippen LogP contribution in [-0.4, -0.2) is 12.5 Å². The van der Waals surface area contributed by atoms with Crippen molar-refractivity contribution in [1.29, 1.82) is 5.41 Å². The topological polar surface area (TPSA) is 47.9 Å². The van der Waals surface area contributed by atoms with Gasteiger partial charge in [0.2, 0.25) is 0 Å². The van der Waals surface area contributed by atoms with E-state index in [9.17, 15) is 0 Å². The van der Waals surface area contributed by atoms with Crippen LogP contribution in [0.2, 0.25) is 0 Å². The van der Waals surface area contributed by atoms with Gasteiger partial charge in [-0.2, -0.15) is 0 Å². The second kappa shape index (κ2) is 8.62. The van der Waals surface area contributed by atoms with Gasteiger partial charge in [-0.05, 0) is 12.0 Å². The van der Waals surface area contributed by atoms with Crippen LogP contribution in [0.5, 0.6) is 0 Å². The van der Waals surface area contributed by atoms with Gasteiger partial charge >= 0.3 is 0 Å². The second-order valence-corrected chi connectivity index (χ2v) is 4.20. The summed E-state index contributed by atoms with van der Waals surface area (Å²) < 4.78 is 0. The molecule has 0 fully saturated rings. The second-order valence-electron chi connectivity index (χ2n) is 4.20. The molecular formula is C14H23N3. The van der Waals surface area contributed by atoms with E-state index in [0.717, 1.165) is 13.0 Å². The zero-order chi connectivity index (χ0) is 12.3. The third-order valence-electron chi connectivity index (χ3n) is 2.64. The maximum Gasteiger partial charge on any atom is 0.188 e. The minimum Gasteiger partial charge on any atom is -0.357 e. The van der Waals surface area contributed by atoms with Crippen molar-refractivity contribution in [2.45, 2.75) is 39.2 Å². The lowest BCUT2D eigenvalue weighted by Gasteiger charge is -2.10. The van der Waals surface area contributed by atoms with Crippen molar-refractivity contribution >= 4 is 5.96 Å². The highest BCUT2D eigenvalue weighted by molar-refractivity contribution is 5.76. The van der Waals surface area contributed by atoms with Crippen LogP contribution < -0.4 is 10.6 Å². The summed E-state index contributed by atoms with van der Waals surface area (Å²) in [4.78, 5) is 0. The SMILES string of the molecule is CCCCCCNC(=N)NCc1ccccc1. The summed E-state index contributed by atoms with van der Waals surface area (Å²) in [5, 5.41) is 13.8. The number of hydrogen-bond acceptors (Lipinski definition) is 1. The molecule has 94 valence electrons. The highest BCUT2D eigenvalue weighted by Crippen LogP contribution is 1.98. The predicted molar refractivity (Wildman–Crippen MR) is 73.2 cm³/mol. The fourth-order valence-corrected chi connectivity index (χ4v) is 1.61. The first-order valence-corrected chi connectivity index (χ1v) is 6.43. The lowest BCUT2D eigenvalue weighted by molar-refractivity contribution is 0.646. The Balaban J connectivity index is 2.05. The molecule has 1 aromatic carbocycles. The molecule has 3 heteroatoms. The smallest absolute Gasteiger partial charge is 0.188 e. The number of guanidine groups is 1. The van der Waals surface area contributed by atoms with Gasteiger partial charge in [0.05, 0.1) is 0 Å². The van der Waals surface area contributed by atoms with E-state index >= 15 is 0 Å². The van der Waals surface area contributed by atoms with E-state index in [-0.39, 0.29) is 0 Å². The maximum absolute atomic E-state index is 7.70. The van der Waals surface area contributed by atoms with E-state index in [1.54, 1.807) is 0 Å². The fraction of sp³-hybridized carbons (Fsp3) is 0.500. The normalized spacial score (nSPS) is 9.94. The van der Waals surface area contributed by atoms with Crippen molar-refractivity contribution in [2.24, 2.45) is 0 Å². The van der Waals surface area contributed by atoms with Crippen molar-refractivity contribution in [3.8, 4) is 0 Å². The number of unbranched alkanes of at least 4 members (excludes halogenated alkanes) is 3. The Morgan fingerprint density at radius 3 is 2.53 bits per heavy atom. The van der Waals surface area contributed by atoms with Gasteiger partial charge in [0.15, 0.2) is 5.96 Å². The molecule has 0 radical (unpaired) electrons. The van der Waals surface area contributed by atoms with Crippen LogP contribution in [0.25, 0.3) is 0 Å². The monoisotopic (exact) mass is 233 g/mol. The molecule has 17 heavy (non-hydrogen) atoms. The van der Waals surface area contributed by atoms with Crippen molar-refractivity contribution < 1.29 is 0 Å². The van der Waals surface area contributed by atoms with E-state index in [1.807, 2.05) is 18.2 Å². The zero-order valence-corrected chi connectivity index (χ0v) is 10.6. The lowest BCUT2D eigenvalue weighted by atomic mass is 10.2. The Kier molecular flexibility index (Phi) is 6.87. The molecule has 0 bridgehead atoms. The molecule has 0 amide bonds. The summed E-state index contributed by atoms with van der Waals surface area (Å²) in [6.07, 6.45) is 4.93. The Morgan fingerprint density at radius 2 is 1.82 bits per heavy atom. The van der Waals surface area contributed by atoms with Gasteiger partial charge in [-0.3, -0.25) is 5.41 Å². The van der Waals surface area contributed by atoms with Crippen LogP contribution in [0.4, 0.5) is 0 Å². The summed E-state index contributed by atoms with van der Waals surface area (Å²) in [6.45, 7) is 3.80. The molecular weight excluding hydrogens is 210 g/mol. The summed E-state index contributed by atoms with van der Waals surface area (Å²) in [5.41, 5.74) is 1.20. The van der Waals surface area contributed by atoms with Crippen LogP contribution in [0.15, 0.2) is 30.3 Å². The Labute approximate surface area is 104 Å². The Bertz CT molecular complexity index is 309. The van der Waals surface area contributed by atoms with E-state index in [2.05, 4.69) is 29.7 Å². The highest BCUT2D eigenvalue weighted by atomic mass is 15.1. The number of hydrogen-bond donors (Lipinski definition) is 3. The lowest BCUT2D eigenvalue weighted by Crippen LogP contribution is -2.36. The largest absolute Gasteiger partial charge is 0.357 e. The van der Waals surface area contributed by atoms with Crippen LogP contribution in [0.3, 0.4) is 0 Å². The standard InChI is InChI=1S/C14H23N3/c1-2-3-4-8-11-16-14(15)17-12-13-9-6-5-7-10-13/h5-7,9-10H,2-4,8,11-12H2,1H3,(H3,15,16,17). The van der Waals surface area contributed by atoms with Crippen LogP contribution in [0.1, 0.15) is 38.2 Å². The van der Waals surface area contributed by atoms with Crippen LogP contribution in [-0.2, 0) is 6.54 Å². The van der Waals surface area contributed by atoms with Crippen LogP contribution >= 0.6 is 0 Å². The molecule has 3 nitrogen and oxygen atoms in total. The van der Waals surface area contributed by atoms with Gasteiger partial charge in [0, 0.05) is 13.1 Å². The van der Waals surface area contributed by atoms with Gasteiger partial charge in [-0.15, -0.1) is 0 Å². The molecule has 0 aliphatic rings. The number of nitrogens with one attached hydrogen (secondary N) is 3. The van der Waals surface area contributed by atoms with E-state index in [0.29, 0.717) is 12.5 Å². The average molecular weight is 233 g/mol. The van der Waals surface area contributed by atoms with E-state index in [4.69, 9.17) is 5.41 Å². The van der Waals surface area contributed by atoms with Crippen molar-refractivity contribution in [2.75, 3.05) is 6.54 Å². The highest BCUT2D eigenvalue weighted by Gasteiger charge is 1.95. The molecule has 0 aromatic heterocycles. The number of benzene rings is 1. The summed E-state index contributed by atoms with van der Waals surface area (Å²) in [7, 11) is 0. The van der Waals surface area contributed by atoms with Gasteiger partial charge in [0.25, 0.3) is 0 Å². The van der Waals surface area contributed by atoms with Gasteiger partial charge in [0.1, 0.15) is 0 Å². The summed E-state index contributed by atoms with van der Waals surface area (Å²) in [6, 6.07) is 10.1. The summed E-state index contributed by atoms with van der Waals surface area (Å²) in [5.74, 6) is 0.422. The maximum atomic E-state index is 7.70. The number of rotatable bonds is 7. The summed E-state index contributed by atoms with van der Waals surface area (Å²) >= 11 is 0. The Hall–Kier alpha value is -1.51. The third kappa shape index (κ3) is 6.61. The van der Waals surface area contributed by atoms with Crippen LogP contribution in [0, 0.1) is 5.41 Å². The molecule has 0 unspecified atom stereocenters.